The molecule has 90 valence electrons. The fraction of sp³-hybridized carbons (Fsp3) is 0.889. The molecule has 0 aliphatic rings. The highest BCUT2D eigenvalue weighted by Crippen LogP contribution is 2.49. The number of carbonyl (C=O) groups is 1. The van der Waals surface area contributed by atoms with Gasteiger partial charge in [-0.2, -0.15) is 0 Å². The molecule has 0 unspecified atom stereocenters. The summed E-state index contributed by atoms with van der Waals surface area (Å²) in [6.45, 7) is 5.81. The monoisotopic (exact) mass is 238 g/mol. The van der Waals surface area contributed by atoms with Crippen LogP contribution in [-0.2, 0) is 18.3 Å². The molecule has 15 heavy (non-hydrogen) atoms. The molecule has 0 saturated carbocycles. The van der Waals surface area contributed by atoms with E-state index in [1.807, 2.05) is 6.92 Å². The van der Waals surface area contributed by atoms with E-state index in [4.69, 9.17) is 13.8 Å². The quantitative estimate of drug-likeness (QED) is 0.480. The van der Waals surface area contributed by atoms with Crippen molar-refractivity contribution in [1.82, 2.24) is 0 Å². The average Bonchev–Trinajstić information content (AvgIpc) is 2.18. The molecule has 5 nitrogen and oxygen atoms in total. The molecule has 0 aliphatic heterocycles. The molecule has 0 spiro atoms. The van der Waals surface area contributed by atoms with Gasteiger partial charge in [0.25, 0.3) is 0 Å². The minimum absolute atomic E-state index is 0.153. The van der Waals surface area contributed by atoms with Gasteiger partial charge in [-0.1, -0.05) is 13.3 Å². The predicted molar refractivity (Wildman–Crippen MR) is 57.1 cm³/mol. The largest absolute Gasteiger partial charge is 0.457 e. The van der Waals surface area contributed by atoms with Gasteiger partial charge in [0, 0.05) is 0 Å². The Bertz CT molecular complexity index is 219. The van der Waals surface area contributed by atoms with Crippen LogP contribution in [0.1, 0.15) is 33.6 Å². The van der Waals surface area contributed by atoms with Gasteiger partial charge in [-0.25, -0.2) is 9.36 Å². The minimum atomic E-state index is -3.71. The van der Waals surface area contributed by atoms with E-state index in [0.717, 1.165) is 12.8 Å². The summed E-state index contributed by atoms with van der Waals surface area (Å²) < 4.78 is 26.2. The second-order valence-corrected chi connectivity index (χ2v) is 4.68. The molecule has 0 aliphatic carbocycles. The lowest BCUT2D eigenvalue weighted by Crippen LogP contribution is -2.09. The van der Waals surface area contributed by atoms with Crippen LogP contribution in [0.25, 0.3) is 0 Å². The Morgan fingerprint density at radius 2 is 1.67 bits per heavy atom. The lowest BCUT2D eigenvalue weighted by molar-refractivity contribution is 0.147. The fourth-order valence-electron chi connectivity index (χ4n) is 0.865. The summed E-state index contributed by atoms with van der Waals surface area (Å²) in [5.74, 6) is 0. The SMILES string of the molecule is CCCCOC(=O)P(=O)(OCC)OCC. The highest BCUT2D eigenvalue weighted by Gasteiger charge is 2.36. The molecule has 0 radical (unpaired) electrons. The topological polar surface area (TPSA) is 61.8 Å². The standard InChI is InChI=1S/C9H19O5P/c1-4-7-8-12-9(10)15(11,13-5-2)14-6-3/h4-8H2,1-3H3. The second kappa shape index (κ2) is 7.85. The maximum atomic E-state index is 11.8. The van der Waals surface area contributed by atoms with Crippen molar-refractivity contribution in [1.29, 1.82) is 0 Å². The van der Waals surface area contributed by atoms with E-state index >= 15 is 0 Å². The fourth-order valence-corrected chi connectivity index (χ4v) is 2.08. The zero-order valence-corrected chi connectivity index (χ0v) is 10.4. The summed E-state index contributed by atoms with van der Waals surface area (Å²) in [7, 11) is -3.71. The van der Waals surface area contributed by atoms with Crippen molar-refractivity contribution < 1.29 is 23.1 Å². The maximum absolute atomic E-state index is 11.8. The Morgan fingerprint density at radius 3 is 2.07 bits per heavy atom. The molecule has 0 saturated heterocycles. The Morgan fingerprint density at radius 1 is 1.13 bits per heavy atom. The molecule has 0 atom stereocenters. The Hall–Kier alpha value is -0.380. The molecule has 0 aromatic heterocycles. The Kier molecular flexibility index (Phi) is 7.65. The third-order valence-corrected chi connectivity index (χ3v) is 3.32. The lowest BCUT2D eigenvalue weighted by Gasteiger charge is -2.14. The van der Waals surface area contributed by atoms with Crippen LogP contribution in [0.4, 0.5) is 4.79 Å². The Labute approximate surface area is 90.6 Å². The van der Waals surface area contributed by atoms with E-state index in [0.29, 0.717) is 0 Å². The van der Waals surface area contributed by atoms with E-state index in [-0.39, 0.29) is 19.8 Å². The van der Waals surface area contributed by atoms with E-state index in [2.05, 4.69) is 0 Å². The zero-order valence-electron chi connectivity index (χ0n) is 9.52. The highest BCUT2D eigenvalue weighted by molar-refractivity contribution is 7.71. The number of hydrogen-bond acceptors (Lipinski definition) is 5. The van der Waals surface area contributed by atoms with Gasteiger partial charge in [-0.3, -0.25) is 0 Å². The van der Waals surface area contributed by atoms with Gasteiger partial charge < -0.3 is 13.8 Å². The predicted octanol–water partition coefficient (Wildman–Crippen LogP) is 3.19. The van der Waals surface area contributed by atoms with Crippen molar-refractivity contribution in [2.24, 2.45) is 0 Å². The Balaban J connectivity index is 4.22. The third-order valence-electron chi connectivity index (χ3n) is 1.55. The number of carbonyl (C=O) groups excluding carboxylic acids is 1. The molecule has 0 aromatic carbocycles. The van der Waals surface area contributed by atoms with Crippen molar-refractivity contribution in [2.45, 2.75) is 33.6 Å². The van der Waals surface area contributed by atoms with Crippen LogP contribution < -0.4 is 0 Å². The van der Waals surface area contributed by atoms with E-state index in [9.17, 15) is 9.36 Å². The first-order chi connectivity index (χ1) is 7.10. The minimum Gasteiger partial charge on any atom is -0.457 e. The van der Waals surface area contributed by atoms with Gasteiger partial charge >= 0.3 is 13.3 Å². The number of ether oxygens (including phenoxy) is 1. The molecular formula is C9H19O5P. The molecule has 0 heterocycles. The van der Waals surface area contributed by atoms with Gasteiger partial charge in [0.15, 0.2) is 0 Å². The summed E-state index contributed by atoms with van der Waals surface area (Å²) in [5.41, 5.74) is -0.889. The van der Waals surface area contributed by atoms with Crippen molar-refractivity contribution in [3.63, 3.8) is 0 Å². The van der Waals surface area contributed by atoms with E-state index < -0.39 is 13.3 Å². The van der Waals surface area contributed by atoms with Crippen LogP contribution in [0.3, 0.4) is 0 Å². The normalized spacial score (nSPS) is 11.4. The van der Waals surface area contributed by atoms with Crippen LogP contribution in [0, 0.1) is 0 Å². The highest BCUT2D eigenvalue weighted by atomic mass is 31.2. The molecule has 6 heteroatoms. The summed E-state index contributed by atoms with van der Waals surface area (Å²) in [4.78, 5) is 11.4. The van der Waals surface area contributed by atoms with Gasteiger partial charge in [0.1, 0.15) is 0 Å². The van der Waals surface area contributed by atoms with E-state index in [1.165, 1.54) is 0 Å². The summed E-state index contributed by atoms with van der Waals surface area (Å²) in [5, 5.41) is 0. The molecular weight excluding hydrogens is 219 g/mol. The first-order valence-corrected chi connectivity index (χ1v) is 6.71. The number of rotatable bonds is 8. The zero-order chi connectivity index (χ0) is 11.7. The van der Waals surface area contributed by atoms with Gasteiger partial charge in [-0.05, 0) is 20.3 Å². The van der Waals surface area contributed by atoms with E-state index in [1.54, 1.807) is 13.8 Å². The number of unbranched alkanes of at least 4 members (excludes halogenated alkanes) is 1. The lowest BCUT2D eigenvalue weighted by atomic mass is 10.4. The van der Waals surface area contributed by atoms with Crippen molar-refractivity contribution in [2.75, 3.05) is 19.8 Å². The molecule has 0 N–H and O–H groups in total. The number of hydrogen-bond donors (Lipinski definition) is 0. The molecule has 0 aromatic rings. The van der Waals surface area contributed by atoms with Crippen LogP contribution in [0.15, 0.2) is 0 Å². The molecule has 0 bridgehead atoms. The smallest absolute Gasteiger partial charge is 0.438 e. The molecule has 0 amide bonds. The maximum Gasteiger partial charge on any atom is 0.438 e. The summed E-state index contributed by atoms with van der Waals surface area (Å²) in [6.07, 6.45) is 1.64. The van der Waals surface area contributed by atoms with Crippen molar-refractivity contribution in [3.05, 3.63) is 0 Å². The molecule has 0 rings (SSSR count). The van der Waals surface area contributed by atoms with Crippen molar-refractivity contribution in [3.8, 4) is 0 Å². The van der Waals surface area contributed by atoms with Gasteiger partial charge in [-0.15, -0.1) is 0 Å². The van der Waals surface area contributed by atoms with Crippen molar-refractivity contribution >= 4 is 13.3 Å². The first kappa shape index (κ1) is 14.6. The first-order valence-electron chi connectivity index (χ1n) is 5.17. The average molecular weight is 238 g/mol. The molecule has 0 fully saturated rings. The van der Waals surface area contributed by atoms with Crippen LogP contribution in [-0.4, -0.2) is 25.5 Å². The second-order valence-electron chi connectivity index (χ2n) is 2.80. The summed E-state index contributed by atoms with van der Waals surface area (Å²) >= 11 is 0. The third kappa shape index (κ3) is 5.30. The summed E-state index contributed by atoms with van der Waals surface area (Å²) in [6, 6.07) is 0. The van der Waals surface area contributed by atoms with Crippen LogP contribution >= 0.6 is 7.60 Å². The van der Waals surface area contributed by atoms with Gasteiger partial charge in [0.2, 0.25) is 0 Å². The van der Waals surface area contributed by atoms with Gasteiger partial charge in [0.05, 0.1) is 19.8 Å². The van der Waals surface area contributed by atoms with Crippen LogP contribution in [0.2, 0.25) is 0 Å². The van der Waals surface area contributed by atoms with Crippen LogP contribution in [0.5, 0.6) is 0 Å².